The third-order valence-corrected chi connectivity index (χ3v) is 2.34. The van der Waals surface area contributed by atoms with Crippen LogP contribution in [0.2, 0.25) is 0 Å². The van der Waals surface area contributed by atoms with Crippen molar-refractivity contribution in [2.45, 2.75) is 26.8 Å². The molecule has 0 saturated carbocycles. The normalized spacial score (nSPS) is 11.4. The van der Waals surface area contributed by atoms with Gasteiger partial charge in [0, 0.05) is 17.3 Å². The average molecular weight is 286 g/mol. The molecule has 1 rings (SSSR count). The summed E-state index contributed by atoms with van der Waals surface area (Å²) in [6.45, 7) is 5.24. The Labute approximate surface area is 119 Å². The Hall–Kier alpha value is -1.59. The number of halogens is 1. The quantitative estimate of drug-likeness (QED) is 0.791. The number of carbonyl (C=O) groups is 2. The molecule has 1 unspecified atom stereocenters. The van der Waals surface area contributed by atoms with E-state index in [9.17, 15) is 9.59 Å². The number of carbonyl (C=O) groups excluding carboxylic acids is 2. The molecule has 0 radical (unpaired) electrons. The zero-order valence-corrected chi connectivity index (χ0v) is 12.1. The maximum atomic E-state index is 11.5. The molecule has 4 N–H and O–H groups in total. The van der Waals surface area contributed by atoms with Gasteiger partial charge in [0.25, 0.3) is 0 Å². The largest absolute Gasteiger partial charge is 0.326 e. The second kappa shape index (κ2) is 7.76. The third kappa shape index (κ3) is 5.72. The van der Waals surface area contributed by atoms with Crippen LogP contribution in [0.5, 0.6) is 0 Å². The fraction of sp³-hybridized carbons (Fsp3) is 0.385. The Morgan fingerprint density at radius 2 is 1.53 bits per heavy atom. The minimum atomic E-state index is -0.570. The van der Waals surface area contributed by atoms with Crippen LogP contribution in [-0.2, 0) is 9.59 Å². The molecular formula is C13H20ClN3O2. The van der Waals surface area contributed by atoms with Gasteiger partial charge in [-0.2, -0.15) is 0 Å². The van der Waals surface area contributed by atoms with E-state index in [-0.39, 0.29) is 30.1 Å². The first-order valence-electron chi connectivity index (χ1n) is 5.87. The number of hydrogen-bond donors (Lipinski definition) is 3. The third-order valence-electron chi connectivity index (χ3n) is 2.34. The second-order valence-corrected chi connectivity index (χ2v) is 4.50. The Morgan fingerprint density at radius 3 is 1.95 bits per heavy atom. The van der Waals surface area contributed by atoms with Crippen molar-refractivity contribution in [2.24, 2.45) is 11.7 Å². The molecule has 0 saturated heterocycles. The van der Waals surface area contributed by atoms with Gasteiger partial charge in [0.15, 0.2) is 0 Å². The molecule has 0 heterocycles. The molecule has 106 valence electrons. The molecule has 19 heavy (non-hydrogen) atoms. The van der Waals surface area contributed by atoms with E-state index in [1.165, 1.54) is 0 Å². The van der Waals surface area contributed by atoms with Crippen molar-refractivity contribution in [1.29, 1.82) is 0 Å². The summed E-state index contributed by atoms with van der Waals surface area (Å²) in [5.41, 5.74) is 6.72. The van der Waals surface area contributed by atoms with Crippen LogP contribution in [-0.4, -0.2) is 17.9 Å². The number of nitrogens with one attached hydrogen (secondary N) is 2. The first-order valence-corrected chi connectivity index (χ1v) is 5.87. The molecule has 0 aromatic heterocycles. The van der Waals surface area contributed by atoms with E-state index < -0.39 is 6.04 Å². The summed E-state index contributed by atoms with van der Waals surface area (Å²) in [7, 11) is 0. The van der Waals surface area contributed by atoms with Crippen molar-refractivity contribution in [3.05, 3.63) is 24.3 Å². The molecule has 0 fully saturated rings. The smallest absolute Gasteiger partial charge is 0.240 e. The van der Waals surface area contributed by atoms with Crippen molar-refractivity contribution >= 4 is 35.6 Å². The summed E-state index contributed by atoms with van der Waals surface area (Å²) in [5.74, 6) is -0.416. The van der Waals surface area contributed by atoms with Gasteiger partial charge in [-0.25, -0.2) is 0 Å². The molecule has 0 aliphatic heterocycles. The zero-order valence-electron chi connectivity index (χ0n) is 11.3. The van der Waals surface area contributed by atoms with E-state index in [4.69, 9.17) is 5.73 Å². The second-order valence-electron chi connectivity index (χ2n) is 4.50. The molecule has 2 amide bonds. The lowest BCUT2D eigenvalue weighted by molar-refractivity contribution is -0.119. The zero-order chi connectivity index (χ0) is 13.7. The van der Waals surface area contributed by atoms with Crippen LogP contribution in [0.3, 0.4) is 0 Å². The van der Waals surface area contributed by atoms with E-state index >= 15 is 0 Å². The van der Waals surface area contributed by atoms with Gasteiger partial charge in [-0.05, 0) is 25.1 Å². The van der Waals surface area contributed by atoms with E-state index in [1.807, 2.05) is 13.8 Å². The number of amides is 2. The predicted octanol–water partition coefficient (Wildman–Crippen LogP) is 1.99. The topological polar surface area (TPSA) is 84.2 Å². The number of hydrogen-bond acceptors (Lipinski definition) is 3. The summed E-state index contributed by atoms with van der Waals surface area (Å²) < 4.78 is 0. The van der Waals surface area contributed by atoms with Gasteiger partial charge in [0.05, 0.1) is 6.04 Å². The van der Waals surface area contributed by atoms with Gasteiger partial charge >= 0.3 is 0 Å². The lowest BCUT2D eigenvalue weighted by Gasteiger charge is -2.11. The predicted molar refractivity (Wildman–Crippen MR) is 79.4 cm³/mol. The van der Waals surface area contributed by atoms with Crippen LogP contribution >= 0.6 is 12.4 Å². The van der Waals surface area contributed by atoms with Crippen LogP contribution in [0.4, 0.5) is 11.4 Å². The standard InChI is InChI=1S/C13H19N3O2.ClH/c1-8(2)12(17)15-10-5-4-6-11(7-10)16-13(18)9(3)14;/h4-9H,14H2,1-3H3,(H,15,17)(H,16,18);1H. The lowest BCUT2D eigenvalue weighted by atomic mass is 10.2. The number of nitrogens with two attached hydrogens (primary N) is 1. The molecule has 0 aliphatic rings. The summed E-state index contributed by atoms with van der Waals surface area (Å²) >= 11 is 0. The highest BCUT2D eigenvalue weighted by Crippen LogP contribution is 2.16. The molecule has 1 aromatic carbocycles. The maximum absolute atomic E-state index is 11.5. The van der Waals surface area contributed by atoms with Gasteiger partial charge in [-0.15, -0.1) is 12.4 Å². The Morgan fingerprint density at radius 1 is 1.05 bits per heavy atom. The highest BCUT2D eigenvalue weighted by Gasteiger charge is 2.09. The first-order chi connectivity index (χ1) is 8.40. The highest BCUT2D eigenvalue weighted by molar-refractivity contribution is 5.96. The molecule has 0 aliphatic carbocycles. The summed E-state index contributed by atoms with van der Waals surface area (Å²) in [4.78, 5) is 23.0. The fourth-order valence-electron chi connectivity index (χ4n) is 1.22. The molecule has 5 nitrogen and oxygen atoms in total. The summed E-state index contributed by atoms with van der Waals surface area (Å²) in [5, 5.41) is 5.43. The van der Waals surface area contributed by atoms with E-state index in [0.717, 1.165) is 0 Å². The van der Waals surface area contributed by atoms with Crippen molar-refractivity contribution in [3.8, 4) is 0 Å². The minimum absolute atomic E-state index is 0. The maximum Gasteiger partial charge on any atom is 0.240 e. The summed E-state index contributed by atoms with van der Waals surface area (Å²) in [6, 6.07) is 6.39. The molecular weight excluding hydrogens is 266 g/mol. The monoisotopic (exact) mass is 285 g/mol. The van der Waals surface area contributed by atoms with Crippen molar-refractivity contribution in [3.63, 3.8) is 0 Å². The fourth-order valence-corrected chi connectivity index (χ4v) is 1.22. The van der Waals surface area contributed by atoms with Crippen LogP contribution in [0, 0.1) is 5.92 Å². The van der Waals surface area contributed by atoms with E-state index in [0.29, 0.717) is 11.4 Å². The van der Waals surface area contributed by atoms with Crippen molar-refractivity contribution < 1.29 is 9.59 Å². The minimum Gasteiger partial charge on any atom is -0.326 e. The Kier molecular flexibility index (Phi) is 7.11. The van der Waals surface area contributed by atoms with Gasteiger partial charge in [-0.3, -0.25) is 9.59 Å². The average Bonchev–Trinajstić information content (AvgIpc) is 2.29. The summed E-state index contributed by atoms with van der Waals surface area (Å²) in [6.07, 6.45) is 0. The van der Waals surface area contributed by atoms with Gasteiger partial charge in [-0.1, -0.05) is 19.9 Å². The number of anilines is 2. The Balaban J connectivity index is 0.00000324. The van der Waals surface area contributed by atoms with Crippen molar-refractivity contribution in [2.75, 3.05) is 10.6 Å². The molecule has 0 bridgehead atoms. The van der Waals surface area contributed by atoms with Crippen LogP contribution in [0.15, 0.2) is 24.3 Å². The van der Waals surface area contributed by atoms with Crippen molar-refractivity contribution in [1.82, 2.24) is 0 Å². The van der Waals surface area contributed by atoms with E-state index in [1.54, 1.807) is 31.2 Å². The van der Waals surface area contributed by atoms with E-state index in [2.05, 4.69) is 10.6 Å². The molecule has 6 heteroatoms. The lowest BCUT2D eigenvalue weighted by Crippen LogP contribution is -2.32. The molecule has 1 aromatic rings. The Bertz CT molecular complexity index is 410. The molecule has 0 spiro atoms. The van der Waals surface area contributed by atoms with Crippen LogP contribution in [0.1, 0.15) is 20.8 Å². The molecule has 1 atom stereocenters. The highest BCUT2D eigenvalue weighted by atomic mass is 35.5. The number of rotatable bonds is 4. The van der Waals surface area contributed by atoms with Gasteiger partial charge < -0.3 is 16.4 Å². The SMILES string of the molecule is CC(C)C(=O)Nc1cccc(NC(=O)C(C)N)c1.Cl. The first kappa shape index (κ1) is 17.4. The van der Waals surface area contributed by atoms with Gasteiger partial charge in [0.1, 0.15) is 0 Å². The number of benzene rings is 1. The van der Waals surface area contributed by atoms with Crippen LogP contribution < -0.4 is 16.4 Å². The van der Waals surface area contributed by atoms with Gasteiger partial charge in [0.2, 0.25) is 11.8 Å². The van der Waals surface area contributed by atoms with Crippen LogP contribution in [0.25, 0.3) is 0 Å².